The number of hydrogen-bond donors (Lipinski definition) is 3. The van der Waals surface area contributed by atoms with Crippen molar-refractivity contribution in [2.75, 3.05) is 26.4 Å². The van der Waals surface area contributed by atoms with Crippen LogP contribution in [-0.4, -0.2) is 37.5 Å². The first-order valence-corrected chi connectivity index (χ1v) is 7.99. The van der Waals surface area contributed by atoms with Crippen molar-refractivity contribution < 1.29 is 14.3 Å². The maximum absolute atomic E-state index is 8.79. The summed E-state index contributed by atoms with van der Waals surface area (Å²) in [7, 11) is 0. The number of benzene rings is 1. The van der Waals surface area contributed by atoms with Crippen molar-refractivity contribution in [3.8, 4) is 0 Å². The highest BCUT2D eigenvalue weighted by Crippen LogP contribution is 2.21. The summed E-state index contributed by atoms with van der Waals surface area (Å²) in [5, 5.41) is 16.6. The number of aliphatic hydroxyl groups excluding tert-OH is 1. The second kappa shape index (κ2) is 7.74. The maximum atomic E-state index is 8.79. The Kier molecular flexibility index (Phi) is 5.45. The normalized spacial score (nSPS) is 16.4. The molecule has 1 aromatic heterocycles. The second-order valence-corrected chi connectivity index (χ2v) is 5.75. The molecule has 0 amide bonds. The van der Waals surface area contributed by atoms with Gasteiger partial charge in [-0.25, -0.2) is 0 Å². The van der Waals surface area contributed by atoms with E-state index in [-0.39, 0.29) is 6.61 Å². The maximum Gasteiger partial charge on any atom is 0.134 e. The Morgan fingerprint density at radius 2 is 2.00 bits per heavy atom. The smallest absolute Gasteiger partial charge is 0.134 e. The summed E-state index contributed by atoms with van der Waals surface area (Å²) >= 11 is 0. The van der Waals surface area contributed by atoms with Gasteiger partial charge in [-0.05, 0) is 30.5 Å². The van der Waals surface area contributed by atoms with Crippen LogP contribution in [0.1, 0.15) is 24.2 Å². The zero-order chi connectivity index (χ0) is 15.2. The minimum atomic E-state index is 0.158. The highest BCUT2D eigenvalue weighted by Gasteiger charge is 2.13. The Labute approximate surface area is 130 Å². The van der Waals surface area contributed by atoms with Gasteiger partial charge >= 0.3 is 0 Å². The first kappa shape index (κ1) is 15.5. The van der Waals surface area contributed by atoms with Crippen molar-refractivity contribution >= 4 is 11.0 Å². The van der Waals surface area contributed by atoms with Crippen LogP contribution in [0.25, 0.3) is 11.0 Å². The lowest BCUT2D eigenvalue weighted by atomic mass is 10.1. The number of rotatable bonds is 7. The SMILES string of the molecule is OCCNCc1ccc2cc(CNC3CCOCC3)oc2c1. The molecule has 5 heteroatoms. The highest BCUT2D eigenvalue weighted by atomic mass is 16.5. The lowest BCUT2D eigenvalue weighted by Crippen LogP contribution is -2.34. The molecule has 0 saturated carbocycles. The molecular weight excluding hydrogens is 280 g/mol. The van der Waals surface area contributed by atoms with E-state index in [1.807, 2.05) is 0 Å². The summed E-state index contributed by atoms with van der Waals surface area (Å²) in [6.07, 6.45) is 2.14. The van der Waals surface area contributed by atoms with Crippen molar-refractivity contribution in [1.82, 2.24) is 10.6 Å². The van der Waals surface area contributed by atoms with Gasteiger partial charge < -0.3 is 24.9 Å². The van der Waals surface area contributed by atoms with Crippen molar-refractivity contribution in [3.63, 3.8) is 0 Å². The molecule has 22 heavy (non-hydrogen) atoms. The molecule has 120 valence electrons. The monoisotopic (exact) mass is 304 g/mol. The number of nitrogens with one attached hydrogen (secondary N) is 2. The number of aliphatic hydroxyl groups is 1. The van der Waals surface area contributed by atoms with Crippen molar-refractivity contribution in [3.05, 3.63) is 35.6 Å². The van der Waals surface area contributed by atoms with Gasteiger partial charge in [0, 0.05) is 37.7 Å². The van der Waals surface area contributed by atoms with Gasteiger partial charge in [0.15, 0.2) is 0 Å². The standard InChI is InChI=1S/C17H24N2O3/c20-6-5-18-11-13-1-2-14-10-16(22-17(14)9-13)12-19-15-3-7-21-8-4-15/h1-2,9-10,15,18-20H,3-8,11-12H2. The summed E-state index contributed by atoms with van der Waals surface area (Å²) in [4.78, 5) is 0. The molecule has 5 nitrogen and oxygen atoms in total. The summed E-state index contributed by atoms with van der Waals surface area (Å²) in [6, 6.07) is 8.88. The fourth-order valence-corrected chi connectivity index (χ4v) is 2.79. The summed E-state index contributed by atoms with van der Waals surface area (Å²) in [6.45, 7) is 3.97. The molecule has 0 spiro atoms. The van der Waals surface area contributed by atoms with Gasteiger partial charge in [-0.1, -0.05) is 12.1 Å². The van der Waals surface area contributed by atoms with Gasteiger partial charge in [0.2, 0.25) is 0 Å². The fourth-order valence-electron chi connectivity index (χ4n) is 2.79. The molecule has 0 atom stereocenters. The molecule has 0 radical (unpaired) electrons. The van der Waals surface area contributed by atoms with Gasteiger partial charge in [-0.15, -0.1) is 0 Å². The summed E-state index contributed by atoms with van der Waals surface area (Å²) < 4.78 is 11.3. The van der Waals surface area contributed by atoms with Gasteiger partial charge in [0.25, 0.3) is 0 Å². The zero-order valence-electron chi connectivity index (χ0n) is 12.8. The molecule has 0 unspecified atom stereocenters. The second-order valence-electron chi connectivity index (χ2n) is 5.75. The Balaban J connectivity index is 1.59. The number of ether oxygens (including phenoxy) is 1. The Bertz CT molecular complexity index is 591. The van der Waals surface area contributed by atoms with Gasteiger partial charge in [-0.3, -0.25) is 0 Å². The Hall–Kier alpha value is -1.40. The van der Waals surface area contributed by atoms with E-state index >= 15 is 0 Å². The number of furan rings is 1. The van der Waals surface area contributed by atoms with Crippen molar-refractivity contribution in [2.45, 2.75) is 32.0 Å². The first-order chi connectivity index (χ1) is 10.8. The summed E-state index contributed by atoms with van der Waals surface area (Å²) in [5.74, 6) is 0.974. The van der Waals surface area contributed by atoms with Crippen LogP contribution < -0.4 is 10.6 Å². The van der Waals surface area contributed by atoms with E-state index in [9.17, 15) is 0 Å². The van der Waals surface area contributed by atoms with Crippen molar-refractivity contribution in [1.29, 1.82) is 0 Å². The number of fused-ring (bicyclic) bond motifs is 1. The quantitative estimate of drug-likeness (QED) is 0.681. The molecular formula is C17H24N2O3. The highest BCUT2D eigenvalue weighted by molar-refractivity contribution is 5.78. The van der Waals surface area contributed by atoms with Gasteiger partial charge in [0.05, 0.1) is 13.2 Å². The predicted octanol–water partition coefficient (Wildman–Crippen LogP) is 1.78. The van der Waals surface area contributed by atoms with Crippen LogP contribution in [0, 0.1) is 0 Å². The average molecular weight is 304 g/mol. The van der Waals surface area contributed by atoms with Crippen LogP contribution in [0.3, 0.4) is 0 Å². The summed E-state index contributed by atoms with van der Waals surface area (Å²) in [5.41, 5.74) is 2.09. The molecule has 1 fully saturated rings. The largest absolute Gasteiger partial charge is 0.460 e. The molecule has 1 aliphatic rings. The van der Waals surface area contributed by atoms with Crippen LogP contribution in [0.15, 0.2) is 28.7 Å². The molecule has 3 N–H and O–H groups in total. The molecule has 2 aromatic rings. The topological polar surface area (TPSA) is 66.7 Å². The van der Waals surface area contributed by atoms with Crippen molar-refractivity contribution in [2.24, 2.45) is 0 Å². The molecule has 1 saturated heterocycles. The van der Waals surface area contributed by atoms with E-state index in [1.165, 1.54) is 5.56 Å². The third-order valence-electron chi connectivity index (χ3n) is 4.04. The van der Waals surface area contributed by atoms with Crippen LogP contribution >= 0.6 is 0 Å². The predicted molar refractivity (Wildman–Crippen MR) is 85.7 cm³/mol. The third-order valence-corrected chi connectivity index (χ3v) is 4.04. The van der Waals surface area contributed by atoms with Crippen LogP contribution in [0.5, 0.6) is 0 Å². The van der Waals surface area contributed by atoms with Gasteiger partial charge in [0.1, 0.15) is 11.3 Å². The minimum Gasteiger partial charge on any atom is -0.460 e. The lowest BCUT2D eigenvalue weighted by Gasteiger charge is -2.22. The molecule has 0 aliphatic carbocycles. The average Bonchev–Trinajstić information content (AvgIpc) is 2.96. The fraction of sp³-hybridized carbons (Fsp3) is 0.529. The minimum absolute atomic E-state index is 0.158. The van der Waals surface area contributed by atoms with Crippen LogP contribution in [0.4, 0.5) is 0 Å². The first-order valence-electron chi connectivity index (χ1n) is 7.99. The zero-order valence-corrected chi connectivity index (χ0v) is 12.8. The van der Waals surface area contributed by atoms with Gasteiger partial charge in [-0.2, -0.15) is 0 Å². The molecule has 3 rings (SSSR count). The molecule has 0 bridgehead atoms. The molecule has 1 aliphatic heterocycles. The number of hydrogen-bond acceptors (Lipinski definition) is 5. The van der Waals surface area contributed by atoms with E-state index in [0.717, 1.165) is 55.9 Å². The van der Waals surface area contributed by atoms with E-state index in [0.29, 0.717) is 12.6 Å². The molecule has 1 aromatic carbocycles. The van der Waals surface area contributed by atoms with E-state index in [2.05, 4.69) is 34.9 Å². The van der Waals surface area contributed by atoms with E-state index in [4.69, 9.17) is 14.3 Å². The van der Waals surface area contributed by atoms with Crippen LogP contribution in [-0.2, 0) is 17.8 Å². The van der Waals surface area contributed by atoms with Crippen LogP contribution in [0.2, 0.25) is 0 Å². The van der Waals surface area contributed by atoms with E-state index < -0.39 is 0 Å². The third kappa shape index (κ3) is 4.08. The Morgan fingerprint density at radius 1 is 1.14 bits per heavy atom. The lowest BCUT2D eigenvalue weighted by molar-refractivity contribution is 0.0771. The van der Waals surface area contributed by atoms with E-state index in [1.54, 1.807) is 0 Å². The molecule has 2 heterocycles. The Morgan fingerprint density at radius 3 is 2.82 bits per heavy atom.